The van der Waals surface area contributed by atoms with Crippen LogP contribution in [0.5, 0.6) is 0 Å². The van der Waals surface area contributed by atoms with Crippen molar-refractivity contribution in [1.82, 2.24) is 0 Å². The largest absolute Gasteiger partial charge is 0.813 e. The van der Waals surface area contributed by atoms with E-state index in [1.54, 1.807) is 0 Å². The molecular formula is C5H11O4S4Y-. The van der Waals surface area contributed by atoms with Gasteiger partial charge in [0.2, 0.25) is 0 Å². The van der Waals surface area contributed by atoms with Crippen LogP contribution in [0.2, 0.25) is 0 Å². The van der Waals surface area contributed by atoms with E-state index in [1.165, 1.54) is 0 Å². The molecule has 0 atom stereocenters. The Morgan fingerprint density at radius 3 is 1.57 bits per heavy atom. The summed E-state index contributed by atoms with van der Waals surface area (Å²) in [7, 11) is 0. The second kappa shape index (κ2) is 19.9. The molecule has 0 heterocycles. The molecule has 4 nitrogen and oxygen atoms in total. The maximum absolute atomic E-state index is 10.1. The number of aliphatic carboxylic acids is 1. The fourth-order valence-electron chi connectivity index (χ4n) is 0.118. The topological polar surface area (TPSA) is 63.6 Å². The van der Waals surface area contributed by atoms with Crippen LogP contribution in [-0.4, -0.2) is 34.5 Å². The zero-order valence-electron chi connectivity index (χ0n) is 7.16. The third-order valence-corrected chi connectivity index (χ3v) is 1.15. The summed E-state index contributed by atoms with van der Waals surface area (Å²) < 4.78 is 4.34. The molecule has 1 radical (unpaired) electrons. The Balaban J connectivity index is -0.0000000651. The van der Waals surface area contributed by atoms with Crippen molar-refractivity contribution >= 4 is 63.3 Å². The molecule has 0 aliphatic carbocycles. The van der Waals surface area contributed by atoms with Crippen LogP contribution in [0.15, 0.2) is 0 Å². The van der Waals surface area contributed by atoms with E-state index in [4.69, 9.17) is 5.11 Å². The molecule has 83 valence electrons. The van der Waals surface area contributed by atoms with Gasteiger partial charge in [-0.2, -0.15) is 25.3 Å². The minimum Gasteiger partial charge on any atom is -0.813 e. The van der Waals surface area contributed by atoms with Gasteiger partial charge in [-0.3, -0.25) is 9.59 Å². The Bertz CT molecular complexity index is 146. The van der Waals surface area contributed by atoms with Gasteiger partial charge in [0.05, 0.1) is 11.5 Å². The van der Waals surface area contributed by atoms with Gasteiger partial charge < -0.3 is 23.3 Å². The minimum atomic E-state index is -0.881. The van der Waals surface area contributed by atoms with Crippen molar-refractivity contribution in [3.05, 3.63) is 0 Å². The van der Waals surface area contributed by atoms with E-state index in [9.17, 15) is 9.59 Å². The van der Waals surface area contributed by atoms with Gasteiger partial charge in [-0.25, -0.2) is 0 Å². The third-order valence-electron chi connectivity index (χ3n) is 0.490. The molecule has 0 aliphatic heterocycles. The van der Waals surface area contributed by atoms with Crippen molar-refractivity contribution in [3.63, 3.8) is 0 Å². The first-order chi connectivity index (χ1) is 5.58. The molecule has 0 aromatic carbocycles. The molecule has 0 rings (SSSR count). The molecule has 14 heavy (non-hydrogen) atoms. The van der Waals surface area contributed by atoms with Crippen LogP contribution < -0.4 is 0 Å². The maximum atomic E-state index is 10.1. The quantitative estimate of drug-likeness (QED) is 0.251. The summed E-state index contributed by atoms with van der Waals surface area (Å²) in [4.78, 5) is 19.4. The number of carbonyl (C=O) groups excluding carboxylic acids is 1. The van der Waals surface area contributed by atoms with Crippen molar-refractivity contribution in [1.29, 1.82) is 0 Å². The number of thiol groups is 4. The molecule has 9 heteroatoms. The Labute approximate surface area is 131 Å². The van der Waals surface area contributed by atoms with Gasteiger partial charge in [0, 0.05) is 32.7 Å². The zero-order valence-corrected chi connectivity index (χ0v) is 13.6. The van der Waals surface area contributed by atoms with E-state index < -0.39 is 5.97 Å². The van der Waals surface area contributed by atoms with E-state index in [-0.39, 0.29) is 69.6 Å². The summed E-state index contributed by atoms with van der Waals surface area (Å²) in [5.41, 5.74) is 0. The fourth-order valence-corrected chi connectivity index (χ4v) is 0.353. The van der Waals surface area contributed by atoms with E-state index in [0.29, 0.717) is 0 Å². The van der Waals surface area contributed by atoms with Crippen molar-refractivity contribution in [3.8, 4) is 0 Å². The predicted octanol–water partition coefficient (Wildman–Crippen LogP) is 0.0749. The first-order valence-corrected chi connectivity index (χ1v) is 4.68. The molecule has 0 spiro atoms. The van der Waals surface area contributed by atoms with Crippen LogP contribution in [-0.2, 0) is 60.5 Å². The van der Waals surface area contributed by atoms with E-state index in [2.05, 4.69) is 42.6 Å². The van der Waals surface area contributed by atoms with Crippen LogP contribution in [0.4, 0.5) is 0 Å². The molecular weight excluding hydrogens is 341 g/mol. The summed E-state index contributed by atoms with van der Waals surface area (Å²) in [6.07, 6.45) is 0. The Morgan fingerprint density at radius 1 is 1.14 bits per heavy atom. The molecule has 0 saturated heterocycles. The van der Waals surface area contributed by atoms with Crippen LogP contribution in [0.1, 0.15) is 0 Å². The number of carboxylic acid groups (broad SMARTS) is 1. The number of hydrogen-bond acceptors (Lipinski definition) is 7. The average molecular weight is 352 g/mol. The second-order valence-corrected chi connectivity index (χ2v) is 2.25. The van der Waals surface area contributed by atoms with Crippen LogP contribution in [0, 0.1) is 0 Å². The Kier molecular flexibility index (Phi) is 35.0. The van der Waals surface area contributed by atoms with Crippen LogP contribution in [0.25, 0.3) is 0 Å². The predicted molar refractivity (Wildman–Crippen MR) is 64.0 cm³/mol. The second-order valence-electron chi connectivity index (χ2n) is 1.36. The zero-order chi connectivity index (χ0) is 9.98. The summed E-state index contributed by atoms with van der Waals surface area (Å²) in [6, 6.07) is 0. The first-order valence-electron chi connectivity index (χ1n) is 2.78. The van der Waals surface area contributed by atoms with Crippen LogP contribution >= 0.6 is 37.9 Å². The minimum absolute atomic E-state index is 0. The molecule has 0 amide bonds. The molecule has 0 aromatic heterocycles. The molecule has 0 fully saturated rings. The molecule has 1 N–H and O–H groups in total. The smallest absolute Gasteiger partial charge is 0.316 e. The van der Waals surface area contributed by atoms with E-state index in [1.807, 2.05) is 0 Å². The molecule has 0 aromatic rings. The number of carbonyl (C=O) groups is 2. The number of esters is 1. The Morgan fingerprint density at radius 2 is 1.50 bits per heavy atom. The summed E-state index contributed by atoms with van der Waals surface area (Å²) in [5, 5.41) is 7.65. The summed E-state index contributed by atoms with van der Waals surface area (Å²) in [5.74, 6) is -1.04. The van der Waals surface area contributed by atoms with Crippen molar-refractivity contribution in [2.45, 2.75) is 0 Å². The van der Waals surface area contributed by atoms with Gasteiger partial charge in [-0.1, -0.05) is 0 Å². The number of ether oxygens (including phenoxy) is 1. The molecule has 0 bridgehead atoms. The van der Waals surface area contributed by atoms with Crippen molar-refractivity contribution < 1.29 is 52.1 Å². The van der Waals surface area contributed by atoms with Gasteiger partial charge in [0.15, 0.2) is 0 Å². The number of rotatable bonds is 3. The monoisotopic (exact) mass is 352 g/mol. The van der Waals surface area contributed by atoms with Crippen molar-refractivity contribution in [2.24, 2.45) is 0 Å². The van der Waals surface area contributed by atoms with Gasteiger partial charge in [-0.05, 0) is 0 Å². The normalized spacial score (nSPS) is 6.79. The maximum Gasteiger partial charge on any atom is 0.316 e. The number of hydrogen-bond donors (Lipinski definition) is 4. The van der Waals surface area contributed by atoms with Crippen molar-refractivity contribution in [2.75, 3.05) is 17.4 Å². The first kappa shape index (κ1) is 24.6. The van der Waals surface area contributed by atoms with Gasteiger partial charge in [0.25, 0.3) is 0 Å². The van der Waals surface area contributed by atoms with Gasteiger partial charge in [-0.15, -0.1) is 12.6 Å². The summed E-state index contributed by atoms with van der Waals surface area (Å²) in [6.45, 7) is 0. The van der Waals surface area contributed by atoms with Gasteiger partial charge in [0.1, 0.15) is 5.94 Å². The van der Waals surface area contributed by atoms with E-state index >= 15 is 0 Å². The van der Waals surface area contributed by atoms with E-state index in [0.717, 1.165) is 0 Å². The van der Waals surface area contributed by atoms with Gasteiger partial charge >= 0.3 is 11.9 Å². The fraction of sp³-hybridized carbons (Fsp3) is 0.600. The van der Waals surface area contributed by atoms with Crippen LogP contribution in [0.3, 0.4) is 0 Å². The number of carboxylic acids is 1. The third kappa shape index (κ3) is 29.2. The standard InChI is InChI=1S/C3H6O2S2.C2H4O2S.H2S.Y/c4-3(1-6)5-2-7;3-2(4)1-5;;/h6-7H,1-2H2;5H,1H2,(H,3,4);1H2;/p-1. The average Bonchev–Trinajstić information content (AvgIpc) is 2.06. The molecule has 0 aliphatic rings. The summed E-state index contributed by atoms with van der Waals surface area (Å²) >= 11 is 10.7. The molecule has 0 unspecified atom stereocenters. The Hall–Kier alpha value is 1.44. The molecule has 0 saturated carbocycles. The SMILES string of the molecule is O=C(CS)OCS.O=C(O)CS.[SH-].[Y].